The molecule has 0 fully saturated rings. The Bertz CT molecular complexity index is 286. The number of rotatable bonds is 3. The normalized spacial score (nSPS) is 9.50. The third-order valence-corrected chi connectivity index (χ3v) is 1.87. The minimum Gasteiger partial charge on any atom is -0.490 e. The molecule has 0 bridgehead atoms. The lowest BCUT2D eigenvalue weighted by atomic mass is 10.3. The van der Waals surface area contributed by atoms with Crippen LogP contribution in [0.25, 0.3) is 0 Å². The summed E-state index contributed by atoms with van der Waals surface area (Å²) in [6, 6.07) is 4.50. The van der Waals surface area contributed by atoms with Crippen LogP contribution >= 0.6 is 15.9 Å². The van der Waals surface area contributed by atoms with Gasteiger partial charge in [0.15, 0.2) is 0 Å². The number of ether oxygens (including phenoxy) is 1. The number of benzene rings is 1. The van der Waals surface area contributed by atoms with Crippen LogP contribution in [0.1, 0.15) is 0 Å². The Balaban J connectivity index is 2.75. The van der Waals surface area contributed by atoms with Gasteiger partial charge in [0.2, 0.25) is 0 Å². The first-order chi connectivity index (χ1) is 5.74. The van der Waals surface area contributed by atoms with E-state index >= 15 is 0 Å². The van der Waals surface area contributed by atoms with Gasteiger partial charge in [-0.15, -0.1) is 0 Å². The number of hydrogen-bond acceptors (Lipinski definition) is 1. The molecule has 0 aliphatic heterocycles. The van der Waals surface area contributed by atoms with Crippen molar-refractivity contribution in [3.63, 3.8) is 0 Å². The summed E-state index contributed by atoms with van der Waals surface area (Å²) in [5, 5.41) is 0. The zero-order valence-corrected chi connectivity index (χ0v) is 7.97. The summed E-state index contributed by atoms with van der Waals surface area (Å²) in [5.74, 6) is 0.337. The van der Waals surface area contributed by atoms with Crippen molar-refractivity contribution in [2.24, 2.45) is 0 Å². The Hall–Kier alpha value is -0.830. The van der Waals surface area contributed by atoms with Gasteiger partial charge in [-0.25, -0.2) is 4.39 Å². The summed E-state index contributed by atoms with van der Waals surface area (Å²) >= 11 is 3.06. The highest BCUT2D eigenvalue weighted by Crippen LogP contribution is 2.21. The van der Waals surface area contributed by atoms with Crippen LogP contribution in [0, 0.1) is 5.82 Å². The molecule has 1 nitrogen and oxygen atoms in total. The Morgan fingerprint density at radius 2 is 2.33 bits per heavy atom. The smallest absolute Gasteiger partial charge is 0.137 e. The molecular formula is C9H8BrFO. The molecule has 0 N–H and O–H groups in total. The fourth-order valence-corrected chi connectivity index (χ4v) is 1.08. The van der Waals surface area contributed by atoms with Gasteiger partial charge in [0.1, 0.15) is 18.2 Å². The van der Waals surface area contributed by atoms with Gasteiger partial charge in [-0.05, 0) is 34.1 Å². The van der Waals surface area contributed by atoms with E-state index in [1.165, 1.54) is 6.07 Å². The van der Waals surface area contributed by atoms with Crippen molar-refractivity contribution in [3.05, 3.63) is 41.1 Å². The molecule has 1 rings (SSSR count). The lowest BCUT2D eigenvalue weighted by Crippen LogP contribution is -1.92. The molecule has 12 heavy (non-hydrogen) atoms. The molecule has 0 heterocycles. The Morgan fingerprint density at radius 1 is 1.58 bits per heavy atom. The largest absolute Gasteiger partial charge is 0.490 e. The average molecular weight is 231 g/mol. The first-order valence-electron chi connectivity index (χ1n) is 3.43. The molecule has 64 valence electrons. The summed E-state index contributed by atoms with van der Waals surface area (Å²) in [5.41, 5.74) is 0. The average Bonchev–Trinajstić information content (AvgIpc) is 2.07. The highest BCUT2D eigenvalue weighted by atomic mass is 79.9. The van der Waals surface area contributed by atoms with Crippen LogP contribution in [0.3, 0.4) is 0 Å². The molecule has 0 aliphatic carbocycles. The molecule has 0 saturated carbocycles. The van der Waals surface area contributed by atoms with Gasteiger partial charge in [0, 0.05) is 0 Å². The molecule has 0 atom stereocenters. The lowest BCUT2D eigenvalue weighted by molar-refractivity contribution is 0.362. The maximum Gasteiger partial charge on any atom is 0.137 e. The van der Waals surface area contributed by atoms with Gasteiger partial charge in [0.25, 0.3) is 0 Å². The minimum absolute atomic E-state index is 0.291. The van der Waals surface area contributed by atoms with Crippen molar-refractivity contribution in [1.29, 1.82) is 0 Å². The molecule has 0 radical (unpaired) electrons. The van der Waals surface area contributed by atoms with Crippen molar-refractivity contribution in [2.45, 2.75) is 0 Å². The molecule has 0 unspecified atom stereocenters. The minimum atomic E-state index is -0.291. The standard InChI is InChI=1S/C9H8BrFO/c1-2-5-12-7-3-4-9(11)8(10)6-7/h2-4,6H,1,5H2. The van der Waals surface area contributed by atoms with E-state index in [0.29, 0.717) is 16.8 Å². The maximum atomic E-state index is 12.7. The van der Waals surface area contributed by atoms with Gasteiger partial charge < -0.3 is 4.74 Å². The topological polar surface area (TPSA) is 9.23 Å². The van der Waals surface area contributed by atoms with Crippen molar-refractivity contribution < 1.29 is 9.13 Å². The van der Waals surface area contributed by atoms with Crippen LogP contribution in [0.2, 0.25) is 0 Å². The van der Waals surface area contributed by atoms with Crippen LogP contribution in [-0.2, 0) is 0 Å². The molecule has 1 aromatic rings. The molecule has 0 amide bonds. The molecule has 0 spiro atoms. The number of hydrogen-bond donors (Lipinski definition) is 0. The quantitative estimate of drug-likeness (QED) is 0.726. The summed E-state index contributed by atoms with van der Waals surface area (Å²) in [6.45, 7) is 3.93. The monoisotopic (exact) mass is 230 g/mol. The van der Waals surface area contributed by atoms with Crippen molar-refractivity contribution in [3.8, 4) is 5.75 Å². The van der Waals surface area contributed by atoms with E-state index in [9.17, 15) is 4.39 Å². The van der Waals surface area contributed by atoms with E-state index in [-0.39, 0.29) is 5.82 Å². The summed E-state index contributed by atoms with van der Waals surface area (Å²) < 4.78 is 18.3. The second-order valence-electron chi connectivity index (χ2n) is 2.18. The van der Waals surface area contributed by atoms with E-state index in [2.05, 4.69) is 22.5 Å². The first-order valence-corrected chi connectivity index (χ1v) is 4.22. The summed E-state index contributed by atoms with van der Waals surface area (Å²) in [7, 11) is 0. The van der Waals surface area contributed by atoms with Crippen LogP contribution < -0.4 is 4.74 Å². The highest BCUT2D eigenvalue weighted by Gasteiger charge is 1.99. The Labute approximate surface area is 79.0 Å². The van der Waals surface area contributed by atoms with E-state index < -0.39 is 0 Å². The van der Waals surface area contributed by atoms with E-state index in [4.69, 9.17) is 4.74 Å². The highest BCUT2D eigenvalue weighted by molar-refractivity contribution is 9.10. The van der Waals surface area contributed by atoms with E-state index in [0.717, 1.165) is 0 Å². The van der Waals surface area contributed by atoms with Crippen molar-refractivity contribution >= 4 is 15.9 Å². The fourth-order valence-electron chi connectivity index (χ4n) is 0.722. The third kappa shape index (κ3) is 2.34. The maximum absolute atomic E-state index is 12.7. The fraction of sp³-hybridized carbons (Fsp3) is 0.111. The first kappa shape index (κ1) is 9.26. The number of halogens is 2. The molecule has 0 saturated heterocycles. The van der Waals surface area contributed by atoms with E-state index in [1.807, 2.05) is 0 Å². The van der Waals surface area contributed by atoms with Crippen molar-refractivity contribution in [1.82, 2.24) is 0 Å². The zero-order chi connectivity index (χ0) is 8.97. The predicted octanol–water partition coefficient (Wildman–Crippen LogP) is 3.15. The zero-order valence-electron chi connectivity index (χ0n) is 6.39. The third-order valence-electron chi connectivity index (χ3n) is 1.26. The van der Waals surface area contributed by atoms with Gasteiger partial charge in [0.05, 0.1) is 4.47 Å². The predicted molar refractivity (Wildman–Crippen MR) is 49.8 cm³/mol. The van der Waals surface area contributed by atoms with Crippen LogP contribution in [0.4, 0.5) is 4.39 Å². The second-order valence-corrected chi connectivity index (χ2v) is 3.03. The van der Waals surface area contributed by atoms with Crippen LogP contribution in [0.15, 0.2) is 35.3 Å². The van der Waals surface area contributed by atoms with E-state index in [1.54, 1.807) is 18.2 Å². The SMILES string of the molecule is C=CCOc1ccc(F)c(Br)c1. The Kier molecular flexibility index (Phi) is 3.29. The lowest BCUT2D eigenvalue weighted by Gasteiger charge is -2.02. The molecule has 1 aromatic carbocycles. The van der Waals surface area contributed by atoms with Crippen molar-refractivity contribution in [2.75, 3.05) is 6.61 Å². The van der Waals surface area contributed by atoms with Crippen LogP contribution in [-0.4, -0.2) is 6.61 Å². The molecule has 0 aromatic heterocycles. The summed E-state index contributed by atoms with van der Waals surface area (Å²) in [6.07, 6.45) is 1.64. The molecular weight excluding hydrogens is 223 g/mol. The van der Waals surface area contributed by atoms with Crippen LogP contribution in [0.5, 0.6) is 5.75 Å². The Morgan fingerprint density at radius 3 is 2.92 bits per heavy atom. The van der Waals surface area contributed by atoms with Gasteiger partial charge in [-0.1, -0.05) is 12.7 Å². The molecule has 0 aliphatic rings. The summed E-state index contributed by atoms with van der Waals surface area (Å²) in [4.78, 5) is 0. The van der Waals surface area contributed by atoms with Gasteiger partial charge >= 0.3 is 0 Å². The van der Waals surface area contributed by atoms with Gasteiger partial charge in [-0.2, -0.15) is 0 Å². The second kappa shape index (κ2) is 4.26. The molecule has 3 heteroatoms. The van der Waals surface area contributed by atoms with Gasteiger partial charge in [-0.3, -0.25) is 0 Å².